The number of hydrogen-bond donors (Lipinski definition) is 0. The lowest BCUT2D eigenvalue weighted by atomic mass is 10.1. The van der Waals surface area contributed by atoms with Gasteiger partial charge in [-0.05, 0) is 49.4 Å². The average Bonchev–Trinajstić information content (AvgIpc) is 3.07. The topological polar surface area (TPSA) is 74.9 Å². The molecule has 2 aromatic carbocycles. The number of nitriles is 1. The Morgan fingerprint density at radius 1 is 1.28 bits per heavy atom. The summed E-state index contributed by atoms with van der Waals surface area (Å²) in [7, 11) is 0. The second-order valence-electron chi connectivity index (χ2n) is 6.36. The summed E-state index contributed by atoms with van der Waals surface area (Å²) in [6, 6.07) is 11.7. The number of carbonyl (C=O) groups excluding carboxylic acids is 1. The van der Waals surface area contributed by atoms with E-state index in [1.54, 1.807) is 42.2 Å². The van der Waals surface area contributed by atoms with Crippen LogP contribution in [0.1, 0.15) is 18.1 Å². The Labute approximate surface area is 164 Å². The van der Waals surface area contributed by atoms with Crippen molar-refractivity contribution in [3.8, 4) is 11.8 Å². The van der Waals surface area contributed by atoms with Crippen molar-refractivity contribution in [3.05, 3.63) is 53.6 Å². The summed E-state index contributed by atoms with van der Waals surface area (Å²) in [4.78, 5) is 15.4. The Balaban J connectivity index is 1.68. The minimum absolute atomic E-state index is 0.194. The van der Waals surface area contributed by atoms with Gasteiger partial charge in [0.25, 0.3) is 0 Å². The lowest BCUT2D eigenvalue weighted by Gasteiger charge is -2.23. The predicted octanol–water partition coefficient (Wildman–Crippen LogP) is 4.17. The van der Waals surface area contributed by atoms with E-state index in [4.69, 9.17) is 14.7 Å². The Kier molecular flexibility index (Phi) is 5.87. The van der Waals surface area contributed by atoms with Crippen LogP contribution in [-0.4, -0.2) is 31.6 Å². The van der Waals surface area contributed by atoms with Crippen LogP contribution in [0.25, 0.3) is 0 Å². The summed E-state index contributed by atoms with van der Waals surface area (Å²) in [6.45, 7) is 2.26. The van der Waals surface area contributed by atoms with Gasteiger partial charge in [-0.15, -0.1) is 0 Å². The van der Waals surface area contributed by atoms with Crippen LogP contribution in [-0.2, 0) is 15.7 Å². The SMILES string of the molecule is C[C@H]1O[C@H](COc2ccc(N=C=O)cc2)CN1c1ccc(C#N)c(C(F)(F)F)c1. The lowest BCUT2D eigenvalue weighted by molar-refractivity contribution is -0.137. The molecule has 1 aliphatic rings. The van der Waals surface area contributed by atoms with Gasteiger partial charge in [-0.3, -0.25) is 0 Å². The van der Waals surface area contributed by atoms with Gasteiger partial charge in [0.15, 0.2) is 0 Å². The number of nitrogens with zero attached hydrogens (tertiary/aromatic N) is 3. The first-order valence-corrected chi connectivity index (χ1v) is 8.66. The summed E-state index contributed by atoms with van der Waals surface area (Å²) < 4.78 is 51.1. The molecule has 29 heavy (non-hydrogen) atoms. The van der Waals surface area contributed by atoms with Gasteiger partial charge in [-0.1, -0.05) is 0 Å². The molecule has 0 unspecified atom stereocenters. The van der Waals surface area contributed by atoms with Crippen LogP contribution in [0.5, 0.6) is 5.75 Å². The Morgan fingerprint density at radius 3 is 2.62 bits per heavy atom. The summed E-state index contributed by atoms with van der Waals surface area (Å²) in [5, 5.41) is 8.93. The smallest absolute Gasteiger partial charge is 0.417 e. The molecule has 9 heteroatoms. The third-order valence-electron chi connectivity index (χ3n) is 4.44. The molecule has 0 amide bonds. The van der Waals surface area contributed by atoms with Crippen molar-refractivity contribution < 1.29 is 27.4 Å². The van der Waals surface area contributed by atoms with Gasteiger partial charge in [-0.2, -0.15) is 23.4 Å². The molecule has 6 nitrogen and oxygen atoms in total. The molecule has 2 aromatic rings. The minimum atomic E-state index is -4.62. The quantitative estimate of drug-likeness (QED) is 0.553. The van der Waals surface area contributed by atoms with Crippen molar-refractivity contribution in [3.63, 3.8) is 0 Å². The van der Waals surface area contributed by atoms with Crippen molar-refractivity contribution in [1.29, 1.82) is 5.26 Å². The largest absolute Gasteiger partial charge is 0.491 e. The van der Waals surface area contributed by atoms with E-state index in [9.17, 15) is 18.0 Å². The third-order valence-corrected chi connectivity index (χ3v) is 4.44. The van der Waals surface area contributed by atoms with Crippen molar-refractivity contribution in [1.82, 2.24) is 0 Å². The number of hydrogen-bond acceptors (Lipinski definition) is 6. The van der Waals surface area contributed by atoms with E-state index in [1.165, 1.54) is 12.1 Å². The maximum atomic E-state index is 13.2. The summed E-state index contributed by atoms with van der Waals surface area (Å²) >= 11 is 0. The molecule has 0 N–H and O–H groups in total. The van der Waals surface area contributed by atoms with Crippen LogP contribution < -0.4 is 9.64 Å². The third kappa shape index (κ3) is 4.74. The van der Waals surface area contributed by atoms with Crippen LogP contribution in [0.2, 0.25) is 0 Å². The Bertz CT molecular complexity index is 964. The molecular formula is C20H16F3N3O3. The van der Waals surface area contributed by atoms with Crippen LogP contribution in [0.15, 0.2) is 47.5 Å². The summed E-state index contributed by atoms with van der Waals surface area (Å²) in [5.41, 5.74) is -0.619. The lowest BCUT2D eigenvalue weighted by Crippen LogP contribution is -2.28. The number of alkyl halides is 3. The van der Waals surface area contributed by atoms with E-state index in [-0.39, 0.29) is 12.7 Å². The van der Waals surface area contributed by atoms with Gasteiger partial charge in [0.1, 0.15) is 24.7 Å². The molecule has 0 aromatic heterocycles. The minimum Gasteiger partial charge on any atom is -0.491 e. The van der Waals surface area contributed by atoms with Gasteiger partial charge in [-0.25, -0.2) is 4.79 Å². The zero-order valence-electron chi connectivity index (χ0n) is 15.3. The molecule has 0 spiro atoms. The highest BCUT2D eigenvalue weighted by Gasteiger charge is 2.36. The highest BCUT2D eigenvalue weighted by Crippen LogP contribution is 2.36. The standard InChI is InChI=1S/C20H16F3N3O3/c1-13-26(16-5-2-14(9-24)19(8-16)20(21,22)23)10-18(29-13)11-28-17-6-3-15(4-7-17)25-12-27/h2-8,13,18H,10-11H2,1H3/t13-,18+/m1/s1. The van der Waals surface area contributed by atoms with Crippen molar-refractivity contribution in [2.24, 2.45) is 4.99 Å². The van der Waals surface area contributed by atoms with E-state index in [1.807, 2.05) is 0 Å². The van der Waals surface area contributed by atoms with Crippen molar-refractivity contribution in [2.75, 3.05) is 18.1 Å². The second-order valence-corrected chi connectivity index (χ2v) is 6.36. The second kappa shape index (κ2) is 8.35. The zero-order valence-corrected chi connectivity index (χ0v) is 15.3. The van der Waals surface area contributed by atoms with Crippen LogP contribution >= 0.6 is 0 Å². The maximum Gasteiger partial charge on any atom is 0.417 e. The molecule has 1 saturated heterocycles. The number of benzene rings is 2. The van der Waals surface area contributed by atoms with Gasteiger partial charge in [0, 0.05) is 5.69 Å². The molecule has 0 aliphatic carbocycles. The van der Waals surface area contributed by atoms with Gasteiger partial charge >= 0.3 is 6.18 Å². The molecule has 1 aliphatic heterocycles. The molecule has 150 valence electrons. The van der Waals surface area contributed by atoms with Gasteiger partial charge in [0.05, 0.1) is 29.4 Å². The number of aliphatic imine (C=N–C) groups is 1. The van der Waals surface area contributed by atoms with E-state index in [0.717, 1.165) is 12.1 Å². The van der Waals surface area contributed by atoms with Gasteiger partial charge in [0.2, 0.25) is 6.08 Å². The predicted molar refractivity (Wildman–Crippen MR) is 97.6 cm³/mol. The Morgan fingerprint density at radius 2 is 2.00 bits per heavy atom. The number of ether oxygens (including phenoxy) is 2. The van der Waals surface area contributed by atoms with E-state index >= 15 is 0 Å². The molecule has 0 radical (unpaired) electrons. The summed E-state index contributed by atoms with van der Waals surface area (Å²) in [5.74, 6) is 0.544. The molecule has 0 saturated carbocycles. The fourth-order valence-corrected chi connectivity index (χ4v) is 3.07. The molecule has 1 fully saturated rings. The number of halogens is 3. The van der Waals surface area contributed by atoms with E-state index < -0.39 is 23.5 Å². The van der Waals surface area contributed by atoms with Crippen LogP contribution in [0.3, 0.4) is 0 Å². The fraction of sp³-hybridized carbons (Fsp3) is 0.300. The average molecular weight is 403 g/mol. The van der Waals surface area contributed by atoms with Crippen LogP contribution in [0.4, 0.5) is 24.5 Å². The first-order valence-electron chi connectivity index (χ1n) is 8.66. The molecule has 3 rings (SSSR count). The highest BCUT2D eigenvalue weighted by atomic mass is 19.4. The first kappa shape index (κ1) is 20.4. The normalized spacial score (nSPS) is 18.8. The maximum absolute atomic E-state index is 13.2. The van der Waals surface area contributed by atoms with Crippen molar-refractivity contribution >= 4 is 17.5 Å². The highest BCUT2D eigenvalue weighted by molar-refractivity contribution is 5.55. The number of isocyanates is 1. The number of rotatable bonds is 5. The molecule has 2 atom stereocenters. The molecular weight excluding hydrogens is 387 g/mol. The first-order chi connectivity index (χ1) is 13.8. The van der Waals surface area contributed by atoms with Crippen LogP contribution in [0, 0.1) is 11.3 Å². The fourth-order valence-electron chi connectivity index (χ4n) is 3.07. The van der Waals surface area contributed by atoms with Gasteiger partial charge < -0.3 is 14.4 Å². The zero-order chi connectivity index (χ0) is 21.0. The molecule has 0 bridgehead atoms. The summed E-state index contributed by atoms with van der Waals surface area (Å²) in [6.07, 6.45) is -3.99. The van der Waals surface area contributed by atoms with E-state index in [0.29, 0.717) is 23.7 Å². The molecule has 1 heterocycles. The van der Waals surface area contributed by atoms with E-state index in [2.05, 4.69) is 4.99 Å². The Hall–Kier alpha value is -3.34. The monoisotopic (exact) mass is 403 g/mol. The van der Waals surface area contributed by atoms with Crippen molar-refractivity contribution in [2.45, 2.75) is 25.4 Å². The number of anilines is 1.